The molecule has 10 heteroatoms. The number of anilines is 1. The number of aliphatic hydroxyl groups excluding tert-OH is 1. The average molecular weight is 294 g/mol. The van der Waals surface area contributed by atoms with Crippen molar-refractivity contribution in [3.8, 4) is 0 Å². The van der Waals surface area contributed by atoms with Crippen molar-refractivity contribution in [3.63, 3.8) is 0 Å². The molecular formula is C10H9F3N2O5. The summed E-state index contributed by atoms with van der Waals surface area (Å²) in [5.74, 6) is -1.41. The first-order chi connectivity index (χ1) is 9.12. The van der Waals surface area contributed by atoms with E-state index in [0.717, 1.165) is 12.1 Å². The molecule has 0 spiro atoms. The fourth-order valence-electron chi connectivity index (χ4n) is 1.29. The van der Waals surface area contributed by atoms with Crippen LogP contribution in [0.2, 0.25) is 0 Å². The van der Waals surface area contributed by atoms with E-state index in [1.165, 1.54) is 0 Å². The van der Waals surface area contributed by atoms with E-state index in [0.29, 0.717) is 6.07 Å². The highest BCUT2D eigenvalue weighted by Crippen LogP contribution is 2.27. The van der Waals surface area contributed by atoms with E-state index in [9.17, 15) is 28.1 Å². The predicted molar refractivity (Wildman–Crippen MR) is 60.6 cm³/mol. The molecule has 0 aliphatic rings. The van der Waals surface area contributed by atoms with Crippen molar-refractivity contribution >= 4 is 17.3 Å². The highest BCUT2D eigenvalue weighted by atomic mass is 19.4. The Labute approximate surface area is 109 Å². The van der Waals surface area contributed by atoms with Crippen LogP contribution in [0, 0.1) is 10.1 Å². The summed E-state index contributed by atoms with van der Waals surface area (Å²) in [4.78, 5) is 20.4. The molecule has 1 atom stereocenters. The van der Waals surface area contributed by atoms with Crippen molar-refractivity contribution in [2.45, 2.75) is 12.3 Å². The Morgan fingerprint density at radius 2 is 2.05 bits per heavy atom. The number of benzene rings is 1. The second-order valence-corrected chi connectivity index (χ2v) is 3.73. The summed E-state index contributed by atoms with van der Waals surface area (Å²) in [6.07, 6.45) is -7.55. The highest BCUT2D eigenvalue weighted by Gasteiger charge is 2.38. The Morgan fingerprint density at radius 1 is 1.45 bits per heavy atom. The number of nitrogens with zero attached hydrogens (tertiary/aromatic N) is 1. The van der Waals surface area contributed by atoms with Crippen LogP contribution >= 0.6 is 0 Å². The molecule has 3 N–H and O–H groups in total. The third-order valence-corrected chi connectivity index (χ3v) is 2.31. The van der Waals surface area contributed by atoms with Crippen molar-refractivity contribution in [1.29, 1.82) is 0 Å². The van der Waals surface area contributed by atoms with E-state index >= 15 is 0 Å². The van der Waals surface area contributed by atoms with E-state index in [1.54, 1.807) is 0 Å². The summed E-state index contributed by atoms with van der Waals surface area (Å²) < 4.78 is 36.2. The molecule has 0 radical (unpaired) electrons. The lowest BCUT2D eigenvalue weighted by Crippen LogP contribution is -2.35. The number of alkyl halides is 3. The van der Waals surface area contributed by atoms with Gasteiger partial charge in [0.15, 0.2) is 6.10 Å². The molecule has 0 aliphatic carbocycles. The van der Waals surface area contributed by atoms with Crippen molar-refractivity contribution < 1.29 is 33.1 Å². The predicted octanol–water partition coefficient (Wildman–Crippen LogP) is 1.63. The van der Waals surface area contributed by atoms with Gasteiger partial charge in [0.25, 0.3) is 5.69 Å². The minimum absolute atomic E-state index is 0.316. The molecule has 1 aromatic rings. The second kappa shape index (κ2) is 5.74. The highest BCUT2D eigenvalue weighted by molar-refractivity contribution is 5.89. The molecule has 7 nitrogen and oxygen atoms in total. The Hall–Kier alpha value is -2.36. The normalized spacial score (nSPS) is 12.8. The average Bonchev–Trinajstić information content (AvgIpc) is 2.34. The molecule has 1 rings (SSSR count). The minimum Gasteiger partial charge on any atom is -0.478 e. The number of hydrogen-bond donors (Lipinski definition) is 3. The standard InChI is InChI=1S/C10H9F3N2O5/c11-10(12,13)8(16)4-14-6-2-1-5(9(17)18)3-7(6)15(19)20/h1-3,8,14,16H,4H2,(H,17,18). The van der Waals surface area contributed by atoms with E-state index in [2.05, 4.69) is 5.32 Å². The first-order valence-electron chi connectivity index (χ1n) is 5.13. The number of carbonyl (C=O) groups is 1. The topological polar surface area (TPSA) is 113 Å². The smallest absolute Gasteiger partial charge is 0.416 e. The van der Waals surface area contributed by atoms with Gasteiger partial charge in [-0.2, -0.15) is 13.2 Å². The van der Waals surface area contributed by atoms with Crippen molar-refractivity contribution in [2.75, 3.05) is 11.9 Å². The Morgan fingerprint density at radius 3 is 2.50 bits per heavy atom. The molecule has 110 valence electrons. The zero-order valence-corrected chi connectivity index (χ0v) is 9.72. The molecule has 0 aromatic heterocycles. The zero-order chi connectivity index (χ0) is 15.5. The summed E-state index contributed by atoms with van der Waals surface area (Å²) in [6.45, 7) is -0.989. The van der Waals surface area contributed by atoms with Crippen LogP contribution in [-0.2, 0) is 0 Å². The Bertz CT molecular complexity index is 532. The maximum Gasteiger partial charge on any atom is 0.416 e. The van der Waals surface area contributed by atoms with Gasteiger partial charge in [-0.05, 0) is 12.1 Å². The largest absolute Gasteiger partial charge is 0.478 e. The number of hydrogen-bond acceptors (Lipinski definition) is 5. The number of carboxylic acids is 1. The number of aromatic carboxylic acids is 1. The van der Waals surface area contributed by atoms with Gasteiger partial charge >= 0.3 is 12.1 Å². The molecule has 0 saturated carbocycles. The Balaban J connectivity index is 2.95. The van der Waals surface area contributed by atoms with Crippen LogP contribution in [0.1, 0.15) is 10.4 Å². The maximum atomic E-state index is 12.1. The van der Waals surface area contributed by atoms with Gasteiger partial charge in [-0.3, -0.25) is 10.1 Å². The number of rotatable bonds is 5. The van der Waals surface area contributed by atoms with E-state index in [1.807, 2.05) is 0 Å². The summed E-state index contributed by atoms with van der Waals surface area (Å²) in [7, 11) is 0. The molecule has 0 aliphatic heterocycles. The van der Waals surface area contributed by atoms with Crippen molar-refractivity contribution in [1.82, 2.24) is 0 Å². The van der Waals surface area contributed by atoms with Crippen LogP contribution < -0.4 is 5.32 Å². The summed E-state index contributed by atoms with van der Waals surface area (Å²) in [5, 5.41) is 30.2. The molecule has 1 unspecified atom stereocenters. The van der Waals surface area contributed by atoms with Gasteiger partial charge in [0.05, 0.1) is 10.5 Å². The van der Waals surface area contributed by atoms with E-state index < -0.39 is 35.4 Å². The molecule has 0 bridgehead atoms. The summed E-state index contributed by atoms with van der Waals surface area (Å²) in [5.41, 5.74) is -1.39. The minimum atomic E-state index is -4.86. The molecule has 0 saturated heterocycles. The third kappa shape index (κ3) is 3.82. The molecule has 0 heterocycles. The molecule has 20 heavy (non-hydrogen) atoms. The molecule has 0 fully saturated rings. The van der Waals surface area contributed by atoms with Crippen LogP contribution in [0.5, 0.6) is 0 Å². The lowest BCUT2D eigenvalue weighted by atomic mass is 10.1. The third-order valence-electron chi connectivity index (χ3n) is 2.31. The molecule has 1 aromatic carbocycles. The van der Waals surface area contributed by atoms with Gasteiger partial charge in [-0.1, -0.05) is 0 Å². The van der Waals surface area contributed by atoms with Gasteiger partial charge in [0.1, 0.15) is 5.69 Å². The fourth-order valence-corrected chi connectivity index (χ4v) is 1.29. The van der Waals surface area contributed by atoms with Crippen LogP contribution in [-0.4, -0.2) is 39.9 Å². The van der Waals surface area contributed by atoms with Crippen LogP contribution in [0.25, 0.3) is 0 Å². The number of nitro groups is 1. The molecular weight excluding hydrogens is 285 g/mol. The second-order valence-electron chi connectivity index (χ2n) is 3.73. The number of nitrogens with one attached hydrogen (secondary N) is 1. The quantitative estimate of drug-likeness (QED) is 0.562. The summed E-state index contributed by atoms with van der Waals surface area (Å²) in [6, 6.07) is 2.67. The van der Waals surface area contributed by atoms with Crippen molar-refractivity contribution in [2.24, 2.45) is 0 Å². The monoisotopic (exact) mass is 294 g/mol. The van der Waals surface area contributed by atoms with Gasteiger partial charge in [0, 0.05) is 12.6 Å². The van der Waals surface area contributed by atoms with Crippen molar-refractivity contribution in [3.05, 3.63) is 33.9 Å². The number of carboxylic acid groups (broad SMARTS) is 1. The first-order valence-corrected chi connectivity index (χ1v) is 5.13. The van der Waals surface area contributed by atoms with Gasteiger partial charge in [0.2, 0.25) is 0 Å². The van der Waals surface area contributed by atoms with Crippen LogP contribution in [0.4, 0.5) is 24.5 Å². The number of aliphatic hydroxyl groups is 1. The van der Waals surface area contributed by atoms with Crippen LogP contribution in [0.15, 0.2) is 18.2 Å². The first kappa shape index (κ1) is 15.7. The lowest BCUT2D eigenvalue weighted by molar-refractivity contribution is -0.384. The zero-order valence-electron chi connectivity index (χ0n) is 9.72. The SMILES string of the molecule is O=C(O)c1ccc(NCC(O)C(F)(F)F)c([N+](=O)[O-])c1. The summed E-state index contributed by atoms with van der Waals surface area (Å²) >= 11 is 0. The number of nitro benzene ring substituents is 1. The number of halogens is 3. The van der Waals surface area contributed by atoms with Gasteiger partial charge < -0.3 is 15.5 Å². The molecule has 0 amide bonds. The van der Waals surface area contributed by atoms with E-state index in [4.69, 9.17) is 10.2 Å². The van der Waals surface area contributed by atoms with E-state index in [-0.39, 0.29) is 11.3 Å². The lowest BCUT2D eigenvalue weighted by Gasteiger charge is -2.15. The maximum absolute atomic E-state index is 12.1. The van der Waals surface area contributed by atoms with Gasteiger partial charge in [-0.25, -0.2) is 4.79 Å². The van der Waals surface area contributed by atoms with Gasteiger partial charge in [-0.15, -0.1) is 0 Å². The van der Waals surface area contributed by atoms with Crippen LogP contribution in [0.3, 0.4) is 0 Å². The fraction of sp³-hybridized carbons (Fsp3) is 0.300. The Kier molecular flexibility index (Phi) is 4.50.